The summed E-state index contributed by atoms with van der Waals surface area (Å²) in [6, 6.07) is 1.59. The molecule has 1 rings (SSSR count). The lowest BCUT2D eigenvalue weighted by Crippen LogP contribution is -2.15. The monoisotopic (exact) mass is 269 g/mol. The van der Waals surface area contributed by atoms with E-state index in [1.807, 2.05) is 0 Å². The zero-order valence-electron chi connectivity index (χ0n) is 11.0. The number of ether oxygens (including phenoxy) is 2. The number of hydrogen-bond acceptors (Lipinski definition) is 7. The number of carbonyl (C=O) groups is 2. The lowest BCUT2D eigenvalue weighted by Gasteiger charge is -2.03. The second-order valence-electron chi connectivity index (χ2n) is 3.44. The van der Waals surface area contributed by atoms with Gasteiger partial charge in [0.25, 0.3) is 5.90 Å². The molecule has 0 aliphatic rings. The van der Waals surface area contributed by atoms with Gasteiger partial charge in [-0.25, -0.2) is 4.79 Å². The van der Waals surface area contributed by atoms with Gasteiger partial charge in [0.05, 0.1) is 6.61 Å². The number of aryl methyl sites for hydroxylation is 1. The van der Waals surface area contributed by atoms with E-state index in [4.69, 9.17) is 9.57 Å². The molecule has 1 heterocycles. The van der Waals surface area contributed by atoms with Crippen molar-refractivity contribution < 1.29 is 23.9 Å². The molecule has 1 aromatic rings. The van der Waals surface area contributed by atoms with Crippen LogP contribution in [0, 0.1) is 0 Å². The van der Waals surface area contributed by atoms with Gasteiger partial charge in [0.2, 0.25) is 6.61 Å². The summed E-state index contributed by atoms with van der Waals surface area (Å²) in [7, 11) is 1.70. The molecule has 0 unspecified atom stereocenters. The number of oxime groups is 1. The van der Waals surface area contributed by atoms with E-state index in [-0.39, 0.29) is 19.1 Å². The fraction of sp³-hybridized carbons (Fsp3) is 0.455. The summed E-state index contributed by atoms with van der Waals surface area (Å²) in [6.07, 6.45) is 1.65. The van der Waals surface area contributed by atoms with Crippen molar-refractivity contribution in [3.05, 3.63) is 18.0 Å². The first kappa shape index (κ1) is 14.7. The highest BCUT2D eigenvalue weighted by atomic mass is 16.7. The quantitative estimate of drug-likeness (QED) is 0.329. The Morgan fingerprint density at radius 1 is 1.47 bits per heavy atom. The van der Waals surface area contributed by atoms with E-state index in [9.17, 15) is 9.59 Å². The minimum absolute atomic E-state index is 0.114. The van der Waals surface area contributed by atoms with Crippen molar-refractivity contribution in [3.8, 4) is 0 Å². The van der Waals surface area contributed by atoms with Crippen molar-refractivity contribution in [1.82, 2.24) is 9.78 Å². The number of carbonyl (C=O) groups excluding carboxylic acids is 2. The number of aromatic nitrogens is 2. The maximum Gasteiger partial charge on any atom is 0.347 e. The first-order valence-corrected chi connectivity index (χ1v) is 5.57. The second-order valence-corrected chi connectivity index (χ2v) is 3.44. The molecule has 0 radical (unpaired) electrons. The van der Waals surface area contributed by atoms with Crippen LogP contribution in [-0.2, 0) is 30.9 Å². The smallest absolute Gasteiger partial charge is 0.347 e. The van der Waals surface area contributed by atoms with Crippen molar-refractivity contribution in [2.45, 2.75) is 13.8 Å². The molecule has 0 saturated heterocycles. The largest absolute Gasteiger partial charge is 0.463 e. The van der Waals surface area contributed by atoms with Gasteiger partial charge in [-0.05, 0) is 18.1 Å². The maximum absolute atomic E-state index is 11.0. The van der Waals surface area contributed by atoms with Gasteiger partial charge in [0, 0.05) is 20.2 Å². The Labute approximate surface area is 109 Å². The standard InChI is InChI=1S/C11H15N3O5/c1-4-17-10(16)7-18-13-11(19-8(2)15)9-5-6-14(3)12-9/h5-6H,4,7H2,1-3H3. The molecule has 104 valence electrons. The Hall–Kier alpha value is -2.38. The van der Waals surface area contributed by atoms with Crippen molar-refractivity contribution in [2.24, 2.45) is 12.2 Å². The van der Waals surface area contributed by atoms with Crippen LogP contribution in [0.15, 0.2) is 17.4 Å². The van der Waals surface area contributed by atoms with Gasteiger partial charge in [-0.1, -0.05) is 0 Å². The molecule has 0 aromatic carbocycles. The number of esters is 2. The Kier molecular flexibility index (Phi) is 5.52. The summed E-state index contributed by atoms with van der Waals surface area (Å²) in [4.78, 5) is 26.8. The molecular formula is C11H15N3O5. The van der Waals surface area contributed by atoms with Crippen molar-refractivity contribution in [2.75, 3.05) is 13.2 Å². The van der Waals surface area contributed by atoms with E-state index in [1.54, 1.807) is 26.2 Å². The normalized spacial score (nSPS) is 11.0. The summed E-state index contributed by atoms with van der Waals surface area (Å²) in [5.41, 5.74) is 0.321. The van der Waals surface area contributed by atoms with Gasteiger partial charge < -0.3 is 14.3 Å². The van der Waals surface area contributed by atoms with E-state index in [0.29, 0.717) is 5.69 Å². The van der Waals surface area contributed by atoms with Gasteiger partial charge in [-0.2, -0.15) is 5.10 Å². The molecule has 8 nitrogen and oxygen atoms in total. The molecule has 0 bridgehead atoms. The van der Waals surface area contributed by atoms with Crippen LogP contribution in [-0.4, -0.2) is 40.8 Å². The van der Waals surface area contributed by atoms with Crippen LogP contribution in [0.4, 0.5) is 0 Å². The number of nitrogens with zero attached hydrogens (tertiary/aromatic N) is 3. The summed E-state index contributed by atoms with van der Waals surface area (Å²) in [6.45, 7) is 2.79. The van der Waals surface area contributed by atoms with Crippen LogP contribution >= 0.6 is 0 Å². The van der Waals surface area contributed by atoms with Crippen molar-refractivity contribution in [3.63, 3.8) is 0 Å². The molecule has 0 atom stereocenters. The van der Waals surface area contributed by atoms with E-state index < -0.39 is 11.9 Å². The third kappa shape index (κ3) is 5.19. The van der Waals surface area contributed by atoms with Crippen LogP contribution in [0.3, 0.4) is 0 Å². The van der Waals surface area contributed by atoms with E-state index >= 15 is 0 Å². The second kappa shape index (κ2) is 7.14. The highest BCUT2D eigenvalue weighted by Crippen LogP contribution is 2.01. The van der Waals surface area contributed by atoms with Crippen LogP contribution < -0.4 is 0 Å². The minimum Gasteiger partial charge on any atom is -0.463 e. The summed E-state index contributed by atoms with van der Waals surface area (Å²) < 4.78 is 11.0. The molecule has 0 saturated carbocycles. The van der Waals surface area contributed by atoms with Gasteiger partial charge in [0.15, 0.2) is 5.69 Å². The van der Waals surface area contributed by atoms with Crippen LogP contribution in [0.25, 0.3) is 0 Å². The Balaban J connectivity index is 2.69. The zero-order valence-corrected chi connectivity index (χ0v) is 11.0. The van der Waals surface area contributed by atoms with Crippen LogP contribution in [0.5, 0.6) is 0 Å². The maximum atomic E-state index is 11.0. The molecule has 0 amide bonds. The topological polar surface area (TPSA) is 92.0 Å². The SMILES string of the molecule is CCOC(=O)CON=C(OC(C)=O)c1ccn(C)n1. The molecule has 0 N–H and O–H groups in total. The predicted octanol–water partition coefficient (Wildman–Crippen LogP) is 0.224. The van der Waals surface area contributed by atoms with E-state index in [0.717, 1.165) is 0 Å². The third-order valence-electron chi connectivity index (χ3n) is 1.81. The Bertz CT molecular complexity index is 480. The Morgan fingerprint density at radius 3 is 2.74 bits per heavy atom. The molecule has 19 heavy (non-hydrogen) atoms. The van der Waals surface area contributed by atoms with Crippen LogP contribution in [0.1, 0.15) is 19.5 Å². The fourth-order valence-corrected chi connectivity index (χ4v) is 1.13. The molecule has 8 heteroatoms. The fourth-order valence-electron chi connectivity index (χ4n) is 1.13. The van der Waals surface area contributed by atoms with E-state index in [1.165, 1.54) is 11.6 Å². The lowest BCUT2D eigenvalue weighted by molar-refractivity contribution is -0.148. The highest BCUT2D eigenvalue weighted by Gasteiger charge is 2.13. The third-order valence-corrected chi connectivity index (χ3v) is 1.81. The average molecular weight is 269 g/mol. The van der Waals surface area contributed by atoms with Gasteiger partial charge in [-0.15, -0.1) is 0 Å². The van der Waals surface area contributed by atoms with Crippen LogP contribution in [0.2, 0.25) is 0 Å². The first-order valence-electron chi connectivity index (χ1n) is 5.57. The molecule has 1 aromatic heterocycles. The summed E-state index contributed by atoms with van der Waals surface area (Å²) in [5, 5.41) is 7.58. The molecule has 0 aliphatic carbocycles. The predicted molar refractivity (Wildman–Crippen MR) is 64.1 cm³/mol. The molecule has 0 aliphatic heterocycles. The van der Waals surface area contributed by atoms with Crippen molar-refractivity contribution in [1.29, 1.82) is 0 Å². The van der Waals surface area contributed by atoms with Gasteiger partial charge >= 0.3 is 11.9 Å². The number of rotatable bonds is 5. The molecule has 0 spiro atoms. The van der Waals surface area contributed by atoms with Gasteiger partial charge in [-0.3, -0.25) is 9.48 Å². The highest BCUT2D eigenvalue weighted by molar-refractivity contribution is 5.98. The molecular weight excluding hydrogens is 254 g/mol. The minimum atomic E-state index is -0.566. The molecule has 0 fully saturated rings. The average Bonchev–Trinajstić information content (AvgIpc) is 2.74. The van der Waals surface area contributed by atoms with E-state index in [2.05, 4.69) is 15.0 Å². The summed E-state index contributed by atoms with van der Waals surface area (Å²) >= 11 is 0. The lowest BCUT2D eigenvalue weighted by atomic mass is 10.4. The van der Waals surface area contributed by atoms with Crippen molar-refractivity contribution >= 4 is 17.8 Å². The number of hydrogen-bond donors (Lipinski definition) is 0. The summed E-state index contributed by atoms with van der Waals surface area (Å²) in [5.74, 6) is -1.24. The Morgan fingerprint density at radius 2 is 2.21 bits per heavy atom. The first-order chi connectivity index (χ1) is 9.02. The van der Waals surface area contributed by atoms with Gasteiger partial charge in [0.1, 0.15) is 0 Å². The zero-order chi connectivity index (χ0) is 14.3.